The van der Waals surface area contributed by atoms with Gasteiger partial charge in [0.1, 0.15) is 5.82 Å². The van der Waals surface area contributed by atoms with Gasteiger partial charge in [0, 0.05) is 15.3 Å². The molecule has 4 nitrogen and oxygen atoms in total. The number of rotatable bonds is 2. The molecule has 2 aromatic heterocycles. The van der Waals surface area contributed by atoms with Gasteiger partial charge in [-0.2, -0.15) is 4.98 Å². The van der Waals surface area contributed by atoms with E-state index in [1.165, 1.54) is 0 Å². The van der Waals surface area contributed by atoms with Crippen molar-refractivity contribution in [3.63, 3.8) is 0 Å². The van der Waals surface area contributed by atoms with E-state index in [1.807, 2.05) is 26.8 Å². The van der Waals surface area contributed by atoms with E-state index in [1.54, 1.807) is 11.3 Å². The molecule has 0 unspecified atom stereocenters. The van der Waals surface area contributed by atoms with E-state index < -0.39 is 0 Å². The van der Waals surface area contributed by atoms with Crippen molar-refractivity contribution in [2.75, 3.05) is 0 Å². The van der Waals surface area contributed by atoms with Crippen LogP contribution in [-0.2, 0) is 6.42 Å². The number of thiophene rings is 1. The van der Waals surface area contributed by atoms with E-state index in [2.05, 4.69) is 9.97 Å². The molecule has 0 atom stereocenters. The number of nitrogens with zero attached hydrogens (tertiary/aromatic N) is 1. The molecule has 0 spiro atoms. The van der Waals surface area contributed by atoms with E-state index in [9.17, 15) is 9.90 Å². The van der Waals surface area contributed by atoms with Crippen LogP contribution in [0, 0.1) is 13.8 Å². The second kappa shape index (κ2) is 4.33. The lowest BCUT2D eigenvalue weighted by Crippen LogP contribution is -2.14. The Bertz CT molecular complexity index is 613. The van der Waals surface area contributed by atoms with Gasteiger partial charge >= 0.3 is 0 Å². The van der Waals surface area contributed by atoms with Crippen LogP contribution in [0.4, 0.5) is 0 Å². The Morgan fingerprint density at radius 3 is 2.65 bits per heavy atom. The number of nitrogens with one attached hydrogen (secondary N) is 1. The van der Waals surface area contributed by atoms with Gasteiger partial charge in [-0.25, -0.2) is 0 Å². The first kappa shape index (κ1) is 11.9. The average molecular weight is 250 g/mol. The van der Waals surface area contributed by atoms with Crippen molar-refractivity contribution < 1.29 is 5.11 Å². The van der Waals surface area contributed by atoms with E-state index in [4.69, 9.17) is 0 Å². The van der Waals surface area contributed by atoms with Crippen LogP contribution in [0.15, 0.2) is 10.9 Å². The molecule has 2 heterocycles. The van der Waals surface area contributed by atoms with Crippen molar-refractivity contribution >= 4 is 11.3 Å². The highest BCUT2D eigenvalue weighted by Crippen LogP contribution is 2.28. The number of aryl methyl sites for hydroxylation is 2. The minimum absolute atomic E-state index is 0.172. The van der Waals surface area contributed by atoms with Gasteiger partial charge in [-0.3, -0.25) is 4.79 Å². The molecule has 2 rings (SSSR count). The smallest absolute Gasteiger partial charge is 0.258 e. The SMILES string of the molecule is CCc1c(O)nc(-c2cc(C)sc2C)[nH]c1=O. The molecule has 0 aliphatic rings. The molecule has 0 saturated carbocycles. The lowest BCUT2D eigenvalue weighted by atomic mass is 10.2. The topological polar surface area (TPSA) is 66.0 Å². The molecule has 5 heteroatoms. The third-order valence-corrected chi connectivity index (χ3v) is 3.61. The van der Waals surface area contributed by atoms with Gasteiger partial charge in [-0.15, -0.1) is 11.3 Å². The Kier molecular flexibility index (Phi) is 3.02. The van der Waals surface area contributed by atoms with Crippen LogP contribution >= 0.6 is 11.3 Å². The van der Waals surface area contributed by atoms with Gasteiger partial charge < -0.3 is 10.1 Å². The fraction of sp³-hybridized carbons (Fsp3) is 0.333. The summed E-state index contributed by atoms with van der Waals surface area (Å²) in [6.07, 6.45) is 0.468. The quantitative estimate of drug-likeness (QED) is 0.860. The lowest BCUT2D eigenvalue weighted by Gasteiger charge is -2.03. The van der Waals surface area contributed by atoms with Crippen LogP contribution in [0.1, 0.15) is 22.2 Å². The minimum Gasteiger partial charge on any atom is -0.493 e. The Morgan fingerprint density at radius 1 is 1.47 bits per heavy atom. The molecule has 0 aliphatic carbocycles. The number of hydrogen-bond acceptors (Lipinski definition) is 4. The summed E-state index contributed by atoms with van der Waals surface area (Å²) in [5, 5.41) is 9.70. The predicted octanol–water partition coefficient (Wildman–Crippen LogP) is 2.38. The highest BCUT2D eigenvalue weighted by atomic mass is 32.1. The summed E-state index contributed by atoms with van der Waals surface area (Å²) < 4.78 is 0. The zero-order valence-corrected chi connectivity index (χ0v) is 10.8. The summed E-state index contributed by atoms with van der Waals surface area (Å²) in [7, 11) is 0. The number of H-pyrrole nitrogens is 1. The fourth-order valence-electron chi connectivity index (χ4n) is 1.80. The zero-order chi connectivity index (χ0) is 12.6. The van der Waals surface area contributed by atoms with E-state index in [0.717, 1.165) is 15.3 Å². The predicted molar refractivity (Wildman–Crippen MR) is 68.7 cm³/mol. The maximum Gasteiger partial charge on any atom is 0.258 e. The maximum absolute atomic E-state index is 11.7. The Morgan fingerprint density at radius 2 is 2.18 bits per heavy atom. The summed E-state index contributed by atoms with van der Waals surface area (Å²) in [4.78, 5) is 20.7. The molecule has 0 aromatic carbocycles. The molecular formula is C12H14N2O2S. The monoisotopic (exact) mass is 250 g/mol. The van der Waals surface area contributed by atoms with Crippen molar-refractivity contribution in [1.29, 1.82) is 0 Å². The van der Waals surface area contributed by atoms with Gasteiger partial charge in [0.25, 0.3) is 5.56 Å². The molecule has 2 N–H and O–H groups in total. The van der Waals surface area contributed by atoms with Gasteiger partial charge in [0.2, 0.25) is 5.88 Å². The van der Waals surface area contributed by atoms with Crippen molar-refractivity contribution in [3.05, 3.63) is 31.7 Å². The molecule has 17 heavy (non-hydrogen) atoms. The van der Waals surface area contributed by atoms with Crippen molar-refractivity contribution in [1.82, 2.24) is 9.97 Å². The molecular weight excluding hydrogens is 236 g/mol. The van der Waals surface area contributed by atoms with Gasteiger partial charge in [0.15, 0.2) is 0 Å². The molecule has 0 radical (unpaired) electrons. The van der Waals surface area contributed by atoms with Crippen molar-refractivity contribution in [3.8, 4) is 17.3 Å². The molecule has 2 aromatic rings. The average Bonchev–Trinajstić information content (AvgIpc) is 2.57. The van der Waals surface area contributed by atoms with Crippen LogP contribution in [0.2, 0.25) is 0 Å². The normalized spacial score (nSPS) is 10.8. The molecule has 0 fully saturated rings. The molecule has 0 bridgehead atoms. The number of hydrogen-bond donors (Lipinski definition) is 2. The largest absolute Gasteiger partial charge is 0.493 e. The standard InChI is InChI=1S/C12H14N2O2S/c1-4-8-11(15)13-10(14-12(8)16)9-5-6(2)17-7(9)3/h5H,4H2,1-3H3,(H2,13,14,15,16). The van der Waals surface area contributed by atoms with Gasteiger partial charge in [0.05, 0.1) is 5.56 Å². The van der Waals surface area contributed by atoms with Gasteiger partial charge in [-0.1, -0.05) is 6.92 Å². The van der Waals surface area contributed by atoms with Crippen LogP contribution in [-0.4, -0.2) is 15.1 Å². The highest BCUT2D eigenvalue weighted by Gasteiger charge is 2.13. The fourth-order valence-corrected chi connectivity index (χ4v) is 2.72. The lowest BCUT2D eigenvalue weighted by molar-refractivity contribution is 0.444. The second-order valence-electron chi connectivity index (χ2n) is 3.90. The van der Waals surface area contributed by atoms with Crippen molar-refractivity contribution in [2.24, 2.45) is 0 Å². The first-order valence-corrected chi connectivity index (χ1v) is 6.24. The molecule has 0 aliphatic heterocycles. The van der Waals surface area contributed by atoms with E-state index in [-0.39, 0.29) is 11.4 Å². The summed E-state index contributed by atoms with van der Waals surface area (Å²) in [6, 6.07) is 1.96. The summed E-state index contributed by atoms with van der Waals surface area (Å²) >= 11 is 1.64. The van der Waals surface area contributed by atoms with E-state index >= 15 is 0 Å². The minimum atomic E-state index is -0.266. The first-order valence-electron chi connectivity index (χ1n) is 5.42. The van der Waals surface area contributed by atoms with E-state index in [0.29, 0.717) is 17.8 Å². The maximum atomic E-state index is 11.7. The van der Waals surface area contributed by atoms with Crippen LogP contribution in [0.25, 0.3) is 11.4 Å². The van der Waals surface area contributed by atoms with Crippen LogP contribution < -0.4 is 5.56 Å². The summed E-state index contributed by atoms with van der Waals surface area (Å²) in [5.41, 5.74) is 0.944. The highest BCUT2D eigenvalue weighted by molar-refractivity contribution is 7.12. The zero-order valence-electron chi connectivity index (χ0n) is 10.00. The molecule has 0 amide bonds. The third kappa shape index (κ3) is 2.10. The molecule has 0 saturated heterocycles. The second-order valence-corrected chi connectivity index (χ2v) is 5.36. The molecule has 90 valence electrons. The van der Waals surface area contributed by atoms with Crippen LogP contribution in [0.3, 0.4) is 0 Å². The number of aromatic amines is 1. The Balaban J connectivity index is 2.62. The first-order chi connectivity index (χ1) is 8.02. The summed E-state index contributed by atoms with van der Waals surface area (Å²) in [5.74, 6) is 0.265. The number of aromatic nitrogens is 2. The Labute approximate surface area is 103 Å². The summed E-state index contributed by atoms with van der Waals surface area (Å²) in [6.45, 7) is 5.78. The Hall–Kier alpha value is -1.62. The third-order valence-electron chi connectivity index (χ3n) is 2.64. The van der Waals surface area contributed by atoms with Crippen molar-refractivity contribution in [2.45, 2.75) is 27.2 Å². The van der Waals surface area contributed by atoms with Crippen LogP contribution in [0.5, 0.6) is 5.88 Å². The van der Waals surface area contributed by atoms with Gasteiger partial charge in [-0.05, 0) is 26.3 Å². The number of aromatic hydroxyl groups is 1.